The Hall–Kier alpha value is -1.75. The zero-order chi connectivity index (χ0) is 19.5. The van der Waals surface area contributed by atoms with Gasteiger partial charge in [0.2, 0.25) is 5.00 Å². The van der Waals surface area contributed by atoms with Crippen molar-refractivity contribution in [1.82, 2.24) is 3.71 Å². The molecule has 0 N–H and O–H groups in total. The molecule has 2 heterocycles. The van der Waals surface area contributed by atoms with Crippen LogP contribution in [0.5, 0.6) is 0 Å². The summed E-state index contributed by atoms with van der Waals surface area (Å²) in [6.45, 7) is 0. The normalized spacial score (nSPS) is 24.0. The molecular formula is C7H2ClF6N5O4S2. The van der Waals surface area contributed by atoms with Gasteiger partial charge in [0.15, 0.2) is 5.84 Å². The molecule has 0 bridgehead atoms. The Bertz CT molecular complexity index is 889. The first kappa shape index (κ1) is 19.6. The van der Waals surface area contributed by atoms with Gasteiger partial charge in [0.1, 0.15) is 6.34 Å². The van der Waals surface area contributed by atoms with Crippen LogP contribution in [-0.4, -0.2) is 60.9 Å². The van der Waals surface area contributed by atoms with E-state index in [-0.39, 0.29) is 0 Å². The second-order valence-electron chi connectivity index (χ2n) is 4.14. The lowest BCUT2D eigenvalue weighted by Gasteiger charge is -2.26. The van der Waals surface area contributed by atoms with Crippen molar-refractivity contribution in [3.05, 3.63) is 0 Å². The van der Waals surface area contributed by atoms with Crippen LogP contribution in [0.15, 0.2) is 20.0 Å². The van der Waals surface area contributed by atoms with Crippen molar-refractivity contribution in [2.75, 3.05) is 0 Å². The SMILES string of the molecule is O=S(=O)(N(C1=NC2=NC=NC2(Cl)C=N1)S(=O)(=O)C(F)(F)F)C(F)(F)F. The van der Waals surface area contributed by atoms with Crippen molar-refractivity contribution in [1.29, 1.82) is 0 Å². The molecule has 0 aliphatic carbocycles. The molecular weight excluding hydrogens is 432 g/mol. The predicted octanol–water partition coefficient (Wildman–Crippen LogP) is 0.804. The van der Waals surface area contributed by atoms with E-state index in [4.69, 9.17) is 11.6 Å². The topological polar surface area (TPSA) is 121 Å². The Morgan fingerprint density at radius 1 is 1.00 bits per heavy atom. The highest BCUT2D eigenvalue weighted by Gasteiger charge is 2.63. The minimum absolute atomic E-state index is 0.379. The average Bonchev–Trinajstić information content (AvgIpc) is 2.77. The van der Waals surface area contributed by atoms with Crippen LogP contribution < -0.4 is 0 Å². The van der Waals surface area contributed by atoms with Crippen LogP contribution in [0, 0.1) is 0 Å². The summed E-state index contributed by atoms with van der Waals surface area (Å²) in [4.78, 5) is 10.5. The van der Waals surface area contributed by atoms with E-state index in [9.17, 15) is 43.2 Å². The molecule has 0 amide bonds. The summed E-state index contributed by atoms with van der Waals surface area (Å²) in [6.07, 6.45) is 1.09. The predicted molar refractivity (Wildman–Crippen MR) is 72.2 cm³/mol. The van der Waals surface area contributed by atoms with Gasteiger partial charge >= 0.3 is 31.1 Å². The molecule has 0 saturated carbocycles. The van der Waals surface area contributed by atoms with E-state index < -0.39 is 51.6 Å². The molecule has 0 aromatic carbocycles. The van der Waals surface area contributed by atoms with E-state index in [0.717, 1.165) is 0 Å². The first-order chi connectivity index (χ1) is 11.0. The fourth-order valence-electron chi connectivity index (χ4n) is 1.40. The maximum atomic E-state index is 12.7. The van der Waals surface area contributed by atoms with Gasteiger partial charge in [-0.05, 0) is 0 Å². The third kappa shape index (κ3) is 2.99. The molecule has 0 radical (unpaired) electrons. The van der Waals surface area contributed by atoms with Gasteiger partial charge in [-0.15, -0.1) is 3.71 Å². The third-order valence-electron chi connectivity index (χ3n) is 2.48. The summed E-state index contributed by atoms with van der Waals surface area (Å²) in [5.41, 5.74) is -12.8. The molecule has 1 atom stereocenters. The van der Waals surface area contributed by atoms with Crippen molar-refractivity contribution in [3.8, 4) is 0 Å². The zero-order valence-electron chi connectivity index (χ0n) is 11.0. The molecule has 2 aliphatic heterocycles. The quantitative estimate of drug-likeness (QED) is 0.363. The van der Waals surface area contributed by atoms with Gasteiger partial charge in [0, 0.05) is 0 Å². The highest BCUT2D eigenvalue weighted by Crippen LogP contribution is 2.37. The molecule has 9 nitrogen and oxygen atoms in total. The highest BCUT2D eigenvalue weighted by atomic mass is 35.5. The summed E-state index contributed by atoms with van der Waals surface area (Å²) in [7, 11) is -14.2. The fourth-order valence-corrected chi connectivity index (χ4v) is 4.11. The van der Waals surface area contributed by atoms with Gasteiger partial charge in [-0.2, -0.15) is 48.2 Å². The van der Waals surface area contributed by atoms with Crippen LogP contribution in [0.3, 0.4) is 0 Å². The number of amidine groups is 1. The lowest BCUT2D eigenvalue weighted by Crippen LogP contribution is -2.53. The second-order valence-corrected chi connectivity index (χ2v) is 8.50. The lowest BCUT2D eigenvalue weighted by molar-refractivity contribution is -0.0511. The first-order valence-electron chi connectivity index (χ1n) is 5.42. The van der Waals surface area contributed by atoms with E-state index in [1.165, 1.54) is 0 Å². The first-order valence-corrected chi connectivity index (χ1v) is 8.68. The van der Waals surface area contributed by atoms with Crippen LogP contribution >= 0.6 is 11.6 Å². The van der Waals surface area contributed by atoms with Crippen LogP contribution in [0.1, 0.15) is 0 Å². The van der Waals surface area contributed by atoms with Crippen molar-refractivity contribution in [3.63, 3.8) is 0 Å². The molecule has 0 spiro atoms. The van der Waals surface area contributed by atoms with Crippen LogP contribution in [0.2, 0.25) is 0 Å². The summed E-state index contributed by atoms with van der Waals surface area (Å²) in [5.74, 6) is -2.76. The van der Waals surface area contributed by atoms with Gasteiger partial charge in [-0.3, -0.25) is 0 Å². The number of halogens is 7. The van der Waals surface area contributed by atoms with E-state index >= 15 is 0 Å². The summed E-state index contributed by atoms with van der Waals surface area (Å²) in [6, 6.07) is 0. The van der Waals surface area contributed by atoms with Crippen molar-refractivity contribution in [2.24, 2.45) is 20.0 Å². The molecule has 140 valence electrons. The Labute approximate surface area is 139 Å². The van der Waals surface area contributed by atoms with Gasteiger partial charge in [-0.1, -0.05) is 11.6 Å². The fraction of sp³-hybridized carbons (Fsp3) is 0.429. The molecule has 1 unspecified atom stereocenters. The molecule has 18 heteroatoms. The summed E-state index contributed by atoms with van der Waals surface area (Å²) in [5, 5.41) is 0. The second kappa shape index (κ2) is 5.37. The molecule has 0 saturated heterocycles. The van der Waals surface area contributed by atoms with Crippen LogP contribution in [-0.2, 0) is 20.0 Å². The van der Waals surface area contributed by atoms with Crippen molar-refractivity contribution in [2.45, 2.75) is 16.0 Å². The number of nitrogens with zero attached hydrogens (tertiary/aromatic N) is 5. The molecule has 0 fully saturated rings. The number of sulfonamides is 2. The number of hydrogen-bond acceptors (Lipinski definition) is 8. The molecule has 0 aromatic rings. The van der Waals surface area contributed by atoms with Crippen molar-refractivity contribution < 1.29 is 43.2 Å². The van der Waals surface area contributed by atoms with E-state index in [1.807, 2.05) is 0 Å². The Balaban J connectivity index is 2.72. The highest BCUT2D eigenvalue weighted by molar-refractivity contribution is 8.05. The standard InChI is InChI=1S/C7H2ClF6N5O4S2/c8-5-1-15-4(18-3(5)16-2-17-5)19(24(20,21)6(9,10)11)25(22,23)7(12,13)14/h1-2H. The van der Waals surface area contributed by atoms with Gasteiger partial charge in [0.05, 0.1) is 6.21 Å². The number of alkyl halides is 7. The maximum absolute atomic E-state index is 12.7. The van der Waals surface area contributed by atoms with Gasteiger partial charge in [0.25, 0.3) is 5.96 Å². The smallest absolute Gasteiger partial charge is 0.237 e. The number of aliphatic imine (C=N–C) groups is 4. The lowest BCUT2D eigenvalue weighted by atomic mass is 10.3. The average molecular weight is 434 g/mol. The zero-order valence-corrected chi connectivity index (χ0v) is 13.4. The summed E-state index contributed by atoms with van der Waals surface area (Å²) < 4.78 is 119. The van der Waals surface area contributed by atoms with Crippen LogP contribution in [0.25, 0.3) is 0 Å². The molecule has 0 aromatic heterocycles. The maximum Gasteiger partial charge on any atom is 0.517 e. The third-order valence-corrected chi connectivity index (χ3v) is 6.39. The van der Waals surface area contributed by atoms with Crippen LogP contribution in [0.4, 0.5) is 26.3 Å². The minimum Gasteiger partial charge on any atom is -0.237 e. The monoisotopic (exact) mass is 433 g/mol. The largest absolute Gasteiger partial charge is 0.517 e. The Kier molecular flexibility index (Phi) is 4.21. The number of hydrogen-bond donors (Lipinski definition) is 0. The van der Waals surface area contributed by atoms with Crippen molar-refractivity contribution >= 4 is 56.0 Å². The Morgan fingerprint density at radius 2 is 1.48 bits per heavy atom. The Morgan fingerprint density at radius 3 is 1.92 bits per heavy atom. The molecule has 2 aliphatic rings. The van der Waals surface area contributed by atoms with Gasteiger partial charge in [-0.25, -0.2) is 15.0 Å². The number of rotatable bonds is 2. The van der Waals surface area contributed by atoms with E-state index in [2.05, 4.69) is 20.0 Å². The minimum atomic E-state index is -7.09. The summed E-state index contributed by atoms with van der Waals surface area (Å²) >= 11 is 5.70. The van der Waals surface area contributed by atoms with Gasteiger partial charge < -0.3 is 0 Å². The van der Waals surface area contributed by atoms with E-state index in [1.54, 1.807) is 0 Å². The molecule has 2 rings (SSSR count). The number of guanidine groups is 1. The van der Waals surface area contributed by atoms with E-state index in [0.29, 0.717) is 12.6 Å². The number of fused-ring (bicyclic) bond motifs is 1. The molecule has 25 heavy (non-hydrogen) atoms.